The number of rotatable bonds is 3. The number of carbonyl (C=O) groups is 1. The summed E-state index contributed by atoms with van der Waals surface area (Å²) in [5.74, 6) is -0.724. The number of hydrogen-bond acceptors (Lipinski definition) is 3. The average Bonchev–Trinajstić information content (AvgIpc) is 3.20. The van der Waals surface area contributed by atoms with Crippen LogP contribution in [0.5, 0.6) is 0 Å². The van der Waals surface area contributed by atoms with Crippen LogP contribution >= 0.6 is 0 Å². The van der Waals surface area contributed by atoms with Crippen molar-refractivity contribution < 1.29 is 9.90 Å². The molecule has 1 spiro atoms. The van der Waals surface area contributed by atoms with E-state index < -0.39 is 12.0 Å². The highest BCUT2D eigenvalue weighted by molar-refractivity contribution is 5.77. The molecule has 3 aliphatic rings. The minimum atomic E-state index is -0.724. The molecule has 1 aromatic rings. The lowest BCUT2D eigenvalue weighted by Crippen LogP contribution is -2.31. The minimum Gasteiger partial charge on any atom is -0.480 e. The van der Waals surface area contributed by atoms with Crippen molar-refractivity contribution in [2.75, 3.05) is 13.6 Å². The predicted octanol–water partition coefficient (Wildman–Crippen LogP) is 0.953. The van der Waals surface area contributed by atoms with E-state index in [0.717, 1.165) is 18.5 Å². The van der Waals surface area contributed by atoms with Gasteiger partial charge in [-0.05, 0) is 19.0 Å². The van der Waals surface area contributed by atoms with Gasteiger partial charge >= 0.3 is 5.97 Å². The van der Waals surface area contributed by atoms with E-state index in [9.17, 15) is 9.90 Å². The van der Waals surface area contributed by atoms with E-state index in [-0.39, 0.29) is 5.54 Å². The van der Waals surface area contributed by atoms with Gasteiger partial charge in [0.15, 0.2) is 0 Å². The highest BCUT2D eigenvalue weighted by atomic mass is 16.4. The van der Waals surface area contributed by atoms with Crippen molar-refractivity contribution in [3.05, 3.63) is 35.9 Å². The van der Waals surface area contributed by atoms with E-state index in [1.165, 1.54) is 0 Å². The normalized spacial score (nSPS) is 41.9. The van der Waals surface area contributed by atoms with E-state index >= 15 is 0 Å². The molecule has 0 aromatic heterocycles. The Hall–Kier alpha value is -1.39. The molecule has 4 nitrogen and oxygen atoms in total. The van der Waals surface area contributed by atoms with E-state index in [4.69, 9.17) is 0 Å². The standard InChI is InChI=1S/C14H16N2O2/c1-15-8-11-14(7-10(14)15)16(11)12(13(17)18)9-5-3-2-4-6-9/h2-6,10-12H,7-8H2,1H3,(H,17,18)/t10-,11?,12?,14?,16?/m1/s1. The monoisotopic (exact) mass is 244 g/mol. The number of carboxylic acids is 1. The molecule has 2 heterocycles. The molecule has 2 aliphatic heterocycles. The smallest absolute Gasteiger partial charge is 0.325 e. The lowest BCUT2D eigenvalue weighted by atomic mass is 10.1. The Kier molecular flexibility index (Phi) is 1.83. The van der Waals surface area contributed by atoms with Gasteiger partial charge in [-0.3, -0.25) is 14.6 Å². The maximum Gasteiger partial charge on any atom is 0.325 e. The van der Waals surface area contributed by atoms with Gasteiger partial charge < -0.3 is 5.11 Å². The van der Waals surface area contributed by atoms with Crippen molar-refractivity contribution in [3.63, 3.8) is 0 Å². The largest absolute Gasteiger partial charge is 0.480 e. The highest BCUT2D eigenvalue weighted by Gasteiger charge is 2.83. The molecular formula is C14H16N2O2. The molecule has 5 atom stereocenters. The first-order valence-electron chi connectivity index (χ1n) is 6.42. The molecule has 94 valence electrons. The van der Waals surface area contributed by atoms with E-state index in [1.54, 1.807) is 0 Å². The molecule has 4 unspecified atom stereocenters. The van der Waals surface area contributed by atoms with Crippen molar-refractivity contribution in [1.82, 2.24) is 9.80 Å². The molecule has 4 heteroatoms. The molecule has 0 radical (unpaired) electrons. The second kappa shape index (κ2) is 3.13. The summed E-state index contributed by atoms with van der Waals surface area (Å²) in [7, 11) is 2.14. The molecule has 2 saturated heterocycles. The predicted molar refractivity (Wildman–Crippen MR) is 66.2 cm³/mol. The van der Waals surface area contributed by atoms with E-state index in [1.807, 2.05) is 30.3 Å². The maximum atomic E-state index is 11.6. The molecular weight excluding hydrogens is 228 g/mol. The van der Waals surface area contributed by atoms with Crippen molar-refractivity contribution in [2.24, 2.45) is 0 Å². The highest BCUT2D eigenvalue weighted by Crippen LogP contribution is 2.69. The van der Waals surface area contributed by atoms with Gasteiger partial charge in [0.1, 0.15) is 6.04 Å². The first kappa shape index (κ1) is 10.5. The molecule has 1 saturated carbocycles. The number of likely N-dealkylation sites (tertiary alicyclic amines) is 1. The molecule has 18 heavy (non-hydrogen) atoms. The van der Waals surface area contributed by atoms with Crippen LogP contribution in [0.15, 0.2) is 30.3 Å². The van der Waals surface area contributed by atoms with Gasteiger partial charge in [0.05, 0.1) is 5.54 Å². The Morgan fingerprint density at radius 3 is 2.61 bits per heavy atom. The molecule has 1 aromatic carbocycles. The summed E-state index contributed by atoms with van der Waals surface area (Å²) in [6, 6.07) is 10.2. The second-order valence-corrected chi connectivity index (χ2v) is 5.73. The van der Waals surface area contributed by atoms with Crippen LogP contribution < -0.4 is 0 Å². The summed E-state index contributed by atoms with van der Waals surface area (Å²) >= 11 is 0. The van der Waals surface area contributed by atoms with Gasteiger partial charge in [-0.15, -0.1) is 0 Å². The molecule has 1 N–H and O–H groups in total. The summed E-state index contributed by atoms with van der Waals surface area (Å²) < 4.78 is 0. The summed E-state index contributed by atoms with van der Waals surface area (Å²) in [5, 5.41) is 9.54. The van der Waals surface area contributed by atoms with Gasteiger partial charge in [-0.25, -0.2) is 0 Å². The lowest BCUT2D eigenvalue weighted by molar-refractivity contribution is -0.142. The van der Waals surface area contributed by atoms with Crippen LogP contribution in [0.3, 0.4) is 0 Å². The van der Waals surface area contributed by atoms with Gasteiger partial charge in [0.25, 0.3) is 0 Å². The number of hydrogen-bond donors (Lipinski definition) is 1. The Morgan fingerprint density at radius 1 is 1.39 bits per heavy atom. The Balaban J connectivity index is 1.66. The fraction of sp³-hybridized carbons (Fsp3) is 0.500. The minimum absolute atomic E-state index is 0.202. The van der Waals surface area contributed by atoms with Crippen molar-refractivity contribution >= 4 is 5.97 Å². The van der Waals surface area contributed by atoms with Crippen molar-refractivity contribution in [2.45, 2.75) is 30.1 Å². The summed E-state index contributed by atoms with van der Waals surface area (Å²) in [6.45, 7) is 1.02. The molecule has 3 fully saturated rings. The van der Waals surface area contributed by atoms with E-state index in [0.29, 0.717) is 12.1 Å². The Morgan fingerprint density at radius 2 is 2.11 bits per heavy atom. The third-order valence-corrected chi connectivity index (χ3v) is 4.88. The van der Waals surface area contributed by atoms with Crippen LogP contribution in [-0.2, 0) is 4.79 Å². The molecule has 1 aliphatic carbocycles. The van der Waals surface area contributed by atoms with Crippen molar-refractivity contribution in [1.29, 1.82) is 0 Å². The van der Waals surface area contributed by atoms with Gasteiger partial charge in [0.2, 0.25) is 0 Å². The zero-order chi connectivity index (χ0) is 12.5. The third-order valence-electron chi connectivity index (χ3n) is 4.88. The molecule has 0 amide bonds. The van der Waals surface area contributed by atoms with Gasteiger partial charge in [0, 0.05) is 18.6 Å². The summed E-state index contributed by atoms with van der Waals surface area (Å²) in [6.07, 6.45) is 1.14. The van der Waals surface area contributed by atoms with Crippen LogP contribution in [0.4, 0.5) is 0 Å². The molecule has 0 bridgehead atoms. The average molecular weight is 244 g/mol. The SMILES string of the molecule is CN1CC2N(C(C(=O)O)c3ccccc3)C23C[C@@H]13. The second-order valence-electron chi connectivity index (χ2n) is 5.73. The fourth-order valence-corrected chi connectivity index (χ4v) is 3.98. The number of carboxylic acid groups (broad SMARTS) is 1. The number of aliphatic carboxylic acids is 1. The van der Waals surface area contributed by atoms with Crippen LogP contribution in [0.2, 0.25) is 0 Å². The third kappa shape index (κ3) is 1.10. The quantitative estimate of drug-likeness (QED) is 0.804. The molecule has 4 rings (SSSR count). The van der Waals surface area contributed by atoms with Crippen LogP contribution in [0.1, 0.15) is 18.0 Å². The van der Waals surface area contributed by atoms with Gasteiger partial charge in [-0.1, -0.05) is 30.3 Å². The number of nitrogens with zero attached hydrogens (tertiary/aromatic N) is 2. The number of likely N-dealkylation sites (N-methyl/N-ethyl adjacent to an activating group) is 1. The lowest BCUT2D eigenvalue weighted by Gasteiger charge is -2.20. The first-order valence-corrected chi connectivity index (χ1v) is 6.42. The zero-order valence-corrected chi connectivity index (χ0v) is 10.3. The zero-order valence-electron chi connectivity index (χ0n) is 10.3. The van der Waals surface area contributed by atoms with Crippen LogP contribution in [0, 0.1) is 0 Å². The number of piperidine rings is 1. The summed E-state index contributed by atoms with van der Waals surface area (Å²) in [4.78, 5) is 16.2. The maximum absolute atomic E-state index is 11.6. The Bertz CT molecular complexity index is 518. The topological polar surface area (TPSA) is 43.5 Å². The fourth-order valence-electron chi connectivity index (χ4n) is 3.98. The van der Waals surface area contributed by atoms with Crippen LogP contribution in [-0.4, -0.2) is 52.1 Å². The number of benzene rings is 1. The van der Waals surface area contributed by atoms with Gasteiger partial charge in [-0.2, -0.15) is 0 Å². The summed E-state index contributed by atoms with van der Waals surface area (Å²) in [5.41, 5.74) is 1.11. The van der Waals surface area contributed by atoms with Crippen molar-refractivity contribution in [3.8, 4) is 0 Å². The van der Waals surface area contributed by atoms with E-state index in [2.05, 4.69) is 16.8 Å². The van der Waals surface area contributed by atoms with Crippen LogP contribution in [0.25, 0.3) is 0 Å². The first-order chi connectivity index (χ1) is 8.66. The number of piperazine rings is 1. The Labute approximate surface area is 106 Å².